The second kappa shape index (κ2) is 7.25. The number of nitrogens with one attached hydrogen (secondary N) is 2. The van der Waals surface area contributed by atoms with Crippen LogP contribution in [-0.2, 0) is 4.79 Å². The Morgan fingerprint density at radius 2 is 2.06 bits per heavy atom. The first-order valence-electron chi connectivity index (χ1n) is 6.30. The summed E-state index contributed by atoms with van der Waals surface area (Å²) < 4.78 is 0. The van der Waals surface area contributed by atoms with Crippen LogP contribution in [0.25, 0.3) is 0 Å². The van der Waals surface area contributed by atoms with Gasteiger partial charge in [-0.1, -0.05) is 6.42 Å². The molecule has 1 saturated heterocycles. The molecule has 0 aromatic carbocycles. The first kappa shape index (κ1) is 13.9. The molecule has 0 radical (unpaired) electrons. The van der Waals surface area contributed by atoms with E-state index in [0.717, 1.165) is 0 Å². The van der Waals surface area contributed by atoms with E-state index in [9.17, 15) is 4.79 Å². The van der Waals surface area contributed by atoms with Crippen molar-refractivity contribution in [2.45, 2.75) is 51.6 Å². The van der Waals surface area contributed by atoms with E-state index in [1.165, 1.54) is 19.3 Å². The average Bonchev–Trinajstić information content (AvgIpc) is 2.29. The van der Waals surface area contributed by atoms with Gasteiger partial charge in [0.1, 0.15) is 0 Å². The number of carbonyl (C=O) groups is 1. The third kappa shape index (κ3) is 4.72. The lowest BCUT2D eigenvalue weighted by Gasteiger charge is -2.38. The van der Waals surface area contributed by atoms with Gasteiger partial charge in [-0.05, 0) is 26.7 Å². The van der Waals surface area contributed by atoms with Gasteiger partial charge in [-0.25, -0.2) is 10.4 Å². The van der Waals surface area contributed by atoms with Crippen LogP contribution in [-0.4, -0.2) is 36.1 Å². The Hall–Kier alpha value is -1.12. The molecule has 0 aliphatic carbocycles. The molecule has 1 amide bonds. The van der Waals surface area contributed by atoms with Gasteiger partial charge in [-0.15, -0.1) is 0 Å². The number of amides is 1. The number of rotatable bonds is 5. The third-order valence-corrected chi connectivity index (χ3v) is 3.17. The minimum Gasteiger partial charge on any atom is -0.354 e. The molecule has 0 saturated carbocycles. The van der Waals surface area contributed by atoms with Gasteiger partial charge >= 0.3 is 0 Å². The highest BCUT2D eigenvalue weighted by Gasteiger charge is 2.24. The molecule has 1 rings (SSSR count). The van der Waals surface area contributed by atoms with Gasteiger partial charge in [-0.2, -0.15) is 5.26 Å². The molecule has 96 valence electrons. The maximum atomic E-state index is 11.5. The van der Waals surface area contributed by atoms with E-state index in [4.69, 9.17) is 5.26 Å². The molecule has 1 heterocycles. The van der Waals surface area contributed by atoms with E-state index >= 15 is 0 Å². The van der Waals surface area contributed by atoms with Crippen LogP contribution in [0.4, 0.5) is 0 Å². The zero-order valence-corrected chi connectivity index (χ0v) is 10.7. The summed E-state index contributed by atoms with van der Waals surface area (Å²) in [6.07, 6.45) is 3.97. The van der Waals surface area contributed by atoms with E-state index in [0.29, 0.717) is 31.6 Å². The topological polar surface area (TPSA) is 68.2 Å². The van der Waals surface area contributed by atoms with Crippen molar-refractivity contribution in [2.24, 2.45) is 0 Å². The predicted molar refractivity (Wildman–Crippen MR) is 65.9 cm³/mol. The molecule has 5 heteroatoms. The number of nitrogens with zero attached hydrogens (tertiary/aromatic N) is 2. The van der Waals surface area contributed by atoms with Crippen LogP contribution in [0.5, 0.6) is 0 Å². The van der Waals surface area contributed by atoms with E-state index in [1.807, 2.05) is 6.07 Å². The fourth-order valence-corrected chi connectivity index (χ4v) is 2.22. The Bertz CT molecular complexity index is 277. The second-order valence-corrected chi connectivity index (χ2v) is 4.63. The minimum absolute atomic E-state index is 0.0507. The van der Waals surface area contributed by atoms with E-state index in [-0.39, 0.29) is 5.91 Å². The van der Waals surface area contributed by atoms with Crippen molar-refractivity contribution < 1.29 is 4.79 Å². The number of piperidine rings is 1. The quantitative estimate of drug-likeness (QED) is 0.695. The van der Waals surface area contributed by atoms with Crippen molar-refractivity contribution in [3.05, 3.63) is 0 Å². The zero-order chi connectivity index (χ0) is 12.7. The number of carbonyl (C=O) groups excluding carboxylic acids is 1. The van der Waals surface area contributed by atoms with E-state index < -0.39 is 0 Å². The van der Waals surface area contributed by atoms with Gasteiger partial charge in [0.2, 0.25) is 5.91 Å². The number of hydrazine groups is 1. The molecule has 1 aliphatic rings. The minimum atomic E-state index is -0.0507. The molecular formula is C12H22N4O. The lowest BCUT2D eigenvalue weighted by Crippen LogP contribution is -2.54. The lowest BCUT2D eigenvalue weighted by atomic mass is 10.00. The summed E-state index contributed by atoms with van der Waals surface area (Å²) in [7, 11) is 0. The highest BCUT2D eigenvalue weighted by Crippen LogP contribution is 2.19. The maximum Gasteiger partial charge on any atom is 0.235 e. The van der Waals surface area contributed by atoms with Crippen LogP contribution in [0.2, 0.25) is 0 Å². The molecule has 0 spiro atoms. The molecule has 17 heavy (non-hydrogen) atoms. The molecule has 0 aromatic heterocycles. The first-order chi connectivity index (χ1) is 8.15. The lowest BCUT2D eigenvalue weighted by molar-refractivity contribution is -0.121. The molecular weight excluding hydrogens is 216 g/mol. The third-order valence-electron chi connectivity index (χ3n) is 3.17. The van der Waals surface area contributed by atoms with Crippen molar-refractivity contribution in [1.29, 1.82) is 5.26 Å². The fourth-order valence-electron chi connectivity index (χ4n) is 2.22. The molecule has 0 bridgehead atoms. The first-order valence-corrected chi connectivity index (χ1v) is 6.30. The van der Waals surface area contributed by atoms with Gasteiger partial charge in [-0.3, -0.25) is 4.79 Å². The largest absolute Gasteiger partial charge is 0.354 e. The molecule has 0 aromatic rings. The predicted octanol–water partition coefficient (Wildman–Crippen LogP) is 0.784. The summed E-state index contributed by atoms with van der Waals surface area (Å²) in [5, 5.41) is 13.2. The smallest absolute Gasteiger partial charge is 0.235 e. The Labute approximate surface area is 103 Å². The SMILES string of the molecule is CC1CCCC(C)N1NCC(=O)NCCC#N. The standard InChI is InChI=1S/C12H22N4O/c1-10-5-3-6-11(2)16(10)15-9-12(17)14-8-4-7-13/h10-11,15H,3-6,8-9H2,1-2H3,(H,14,17). The van der Waals surface area contributed by atoms with Gasteiger partial charge in [0.15, 0.2) is 0 Å². The second-order valence-electron chi connectivity index (χ2n) is 4.63. The van der Waals surface area contributed by atoms with Crippen molar-refractivity contribution in [1.82, 2.24) is 15.8 Å². The van der Waals surface area contributed by atoms with Gasteiger partial charge in [0, 0.05) is 18.6 Å². The zero-order valence-electron chi connectivity index (χ0n) is 10.7. The number of hydrogen-bond donors (Lipinski definition) is 2. The summed E-state index contributed by atoms with van der Waals surface area (Å²) in [6.45, 7) is 5.08. The highest BCUT2D eigenvalue weighted by molar-refractivity contribution is 5.77. The van der Waals surface area contributed by atoms with Crippen molar-refractivity contribution in [3.63, 3.8) is 0 Å². The average molecular weight is 238 g/mol. The summed E-state index contributed by atoms with van der Waals surface area (Å²) in [6, 6.07) is 2.95. The van der Waals surface area contributed by atoms with Crippen LogP contribution >= 0.6 is 0 Å². The Kier molecular flexibility index (Phi) is 5.95. The summed E-state index contributed by atoms with van der Waals surface area (Å²) >= 11 is 0. The Balaban J connectivity index is 2.24. The highest BCUT2D eigenvalue weighted by atomic mass is 16.2. The van der Waals surface area contributed by atoms with Crippen molar-refractivity contribution >= 4 is 5.91 Å². The van der Waals surface area contributed by atoms with Crippen LogP contribution in [0.1, 0.15) is 39.5 Å². The molecule has 1 fully saturated rings. The van der Waals surface area contributed by atoms with Crippen LogP contribution in [0.15, 0.2) is 0 Å². The van der Waals surface area contributed by atoms with Crippen molar-refractivity contribution in [2.75, 3.05) is 13.1 Å². The molecule has 2 unspecified atom stereocenters. The van der Waals surface area contributed by atoms with Crippen LogP contribution in [0.3, 0.4) is 0 Å². The van der Waals surface area contributed by atoms with Gasteiger partial charge in [0.05, 0.1) is 19.0 Å². The van der Waals surface area contributed by atoms with Crippen LogP contribution in [0, 0.1) is 11.3 Å². The monoisotopic (exact) mass is 238 g/mol. The molecule has 1 aliphatic heterocycles. The summed E-state index contributed by atoms with van der Waals surface area (Å²) in [5.74, 6) is -0.0507. The summed E-state index contributed by atoms with van der Waals surface area (Å²) in [5.41, 5.74) is 3.19. The fraction of sp³-hybridized carbons (Fsp3) is 0.833. The molecule has 2 atom stereocenters. The van der Waals surface area contributed by atoms with Crippen LogP contribution < -0.4 is 10.7 Å². The normalized spacial score (nSPS) is 25.2. The van der Waals surface area contributed by atoms with Crippen molar-refractivity contribution in [3.8, 4) is 6.07 Å². The van der Waals surface area contributed by atoms with Gasteiger partial charge < -0.3 is 5.32 Å². The number of hydrogen-bond acceptors (Lipinski definition) is 4. The maximum absolute atomic E-state index is 11.5. The Morgan fingerprint density at radius 1 is 1.41 bits per heavy atom. The number of nitriles is 1. The molecule has 2 N–H and O–H groups in total. The molecule has 5 nitrogen and oxygen atoms in total. The van der Waals surface area contributed by atoms with Gasteiger partial charge in [0.25, 0.3) is 0 Å². The van der Waals surface area contributed by atoms with E-state index in [2.05, 4.69) is 29.6 Å². The summed E-state index contributed by atoms with van der Waals surface area (Å²) in [4.78, 5) is 11.5. The van der Waals surface area contributed by atoms with E-state index in [1.54, 1.807) is 0 Å². The Morgan fingerprint density at radius 3 is 2.65 bits per heavy atom.